The Labute approximate surface area is 208 Å². The van der Waals surface area contributed by atoms with Crippen LogP contribution in [0.5, 0.6) is 0 Å². The Morgan fingerprint density at radius 3 is 2.47 bits per heavy atom. The summed E-state index contributed by atoms with van der Waals surface area (Å²) in [5.74, 6) is 0.960. The number of para-hydroxylation sites is 1. The van der Waals surface area contributed by atoms with Crippen molar-refractivity contribution < 1.29 is 4.79 Å². The van der Waals surface area contributed by atoms with E-state index in [0.29, 0.717) is 43.6 Å². The Morgan fingerprint density at radius 1 is 1.00 bits per heavy atom. The first kappa shape index (κ1) is 23.7. The molecule has 0 aliphatic carbocycles. The topological polar surface area (TPSA) is 95.0 Å². The van der Waals surface area contributed by atoms with Crippen LogP contribution in [0.2, 0.25) is 0 Å². The number of nitrogens with zero attached hydrogens (tertiary/aromatic N) is 6. The number of aromatic nitrogens is 5. The van der Waals surface area contributed by atoms with Crippen LogP contribution in [0.15, 0.2) is 70.5 Å². The highest BCUT2D eigenvalue weighted by Gasteiger charge is 2.28. The Hall–Kier alpha value is -4.01. The van der Waals surface area contributed by atoms with Gasteiger partial charge < -0.3 is 4.90 Å². The lowest BCUT2D eigenvalue weighted by atomic mass is 9.95. The Bertz CT molecular complexity index is 1480. The zero-order valence-electron chi connectivity index (χ0n) is 20.4. The molecule has 0 bridgehead atoms. The first-order chi connectivity index (χ1) is 17.5. The minimum absolute atomic E-state index is 0.0241. The second-order valence-corrected chi connectivity index (χ2v) is 9.19. The van der Waals surface area contributed by atoms with Crippen LogP contribution in [-0.4, -0.2) is 47.8 Å². The smallest absolute Gasteiger partial charge is 0.343 e. The lowest BCUT2D eigenvalue weighted by Gasteiger charge is -2.31. The van der Waals surface area contributed by atoms with Gasteiger partial charge in [0.05, 0.1) is 23.8 Å². The number of fused-ring (bicyclic) bond motifs is 1. The molecule has 1 aliphatic rings. The summed E-state index contributed by atoms with van der Waals surface area (Å²) < 4.78 is 4.80. The van der Waals surface area contributed by atoms with Crippen LogP contribution < -0.4 is 11.2 Å². The number of carbonyl (C=O) groups is 1. The Morgan fingerprint density at radius 2 is 1.72 bits per heavy atom. The second kappa shape index (κ2) is 10.3. The van der Waals surface area contributed by atoms with Crippen molar-refractivity contribution in [1.82, 2.24) is 28.8 Å². The number of benzene rings is 2. The van der Waals surface area contributed by atoms with Gasteiger partial charge in [-0.2, -0.15) is 5.10 Å². The number of rotatable bonds is 7. The van der Waals surface area contributed by atoms with E-state index < -0.39 is 0 Å². The average Bonchev–Trinajstić information content (AvgIpc) is 3.23. The predicted molar refractivity (Wildman–Crippen MR) is 137 cm³/mol. The van der Waals surface area contributed by atoms with E-state index in [9.17, 15) is 14.4 Å². The van der Waals surface area contributed by atoms with E-state index in [1.165, 1.54) is 10.9 Å². The van der Waals surface area contributed by atoms with E-state index >= 15 is 0 Å². The third kappa shape index (κ3) is 4.73. The number of hydrogen-bond donors (Lipinski definition) is 0. The molecule has 5 rings (SSSR count). The molecular formula is C27H30N6O3. The molecule has 4 aromatic rings. The van der Waals surface area contributed by atoms with Gasteiger partial charge in [-0.05, 0) is 37.5 Å². The average molecular weight is 487 g/mol. The number of aryl methyl sites for hydroxylation is 1. The number of carbonyl (C=O) groups excluding carboxylic acids is 1. The molecule has 0 atom stereocenters. The standard InChI is InChI=1S/C27H30N6O3/c1-2-32-25(29-33(27(32)36)18-20-8-4-3-5-9-20)21-12-15-30(16-13-21)24(34)14-17-31-19-28-23-11-7-6-10-22(23)26(31)35/h3-11,19,21H,2,12-18H2,1H3. The monoisotopic (exact) mass is 486 g/mol. The molecule has 186 valence electrons. The van der Waals surface area contributed by atoms with Crippen LogP contribution in [0.3, 0.4) is 0 Å². The van der Waals surface area contributed by atoms with E-state index in [1.807, 2.05) is 54.3 Å². The fourth-order valence-electron chi connectivity index (χ4n) is 4.94. The van der Waals surface area contributed by atoms with Gasteiger partial charge in [0.1, 0.15) is 5.82 Å². The van der Waals surface area contributed by atoms with Crippen molar-refractivity contribution in [3.8, 4) is 0 Å². The third-order valence-electron chi connectivity index (χ3n) is 6.95. The van der Waals surface area contributed by atoms with Gasteiger partial charge in [-0.1, -0.05) is 42.5 Å². The molecule has 0 saturated carbocycles. The third-order valence-corrected chi connectivity index (χ3v) is 6.95. The van der Waals surface area contributed by atoms with E-state index in [1.54, 1.807) is 21.4 Å². The summed E-state index contributed by atoms with van der Waals surface area (Å²) in [6, 6.07) is 17.1. The van der Waals surface area contributed by atoms with Crippen LogP contribution in [-0.2, 0) is 24.4 Å². The largest absolute Gasteiger partial charge is 0.346 e. The number of hydrogen-bond acceptors (Lipinski definition) is 5. The molecule has 0 radical (unpaired) electrons. The molecule has 9 nitrogen and oxygen atoms in total. The summed E-state index contributed by atoms with van der Waals surface area (Å²) in [5, 5.41) is 5.26. The molecule has 36 heavy (non-hydrogen) atoms. The van der Waals surface area contributed by atoms with Crippen LogP contribution in [0.25, 0.3) is 10.9 Å². The van der Waals surface area contributed by atoms with Crippen LogP contribution in [0.1, 0.15) is 43.5 Å². The van der Waals surface area contributed by atoms with Crippen molar-refractivity contribution >= 4 is 16.8 Å². The second-order valence-electron chi connectivity index (χ2n) is 9.19. The van der Waals surface area contributed by atoms with Crippen LogP contribution in [0, 0.1) is 0 Å². The van der Waals surface area contributed by atoms with Gasteiger partial charge in [-0.25, -0.2) is 14.5 Å². The van der Waals surface area contributed by atoms with Crippen molar-refractivity contribution in [2.24, 2.45) is 0 Å². The van der Waals surface area contributed by atoms with Crippen molar-refractivity contribution in [2.45, 2.75) is 51.7 Å². The fraction of sp³-hybridized carbons (Fsp3) is 0.370. The van der Waals surface area contributed by atoms with Crippen molar-refractivity contribution in [3.05, 3.63) is 93.2 Å². The van der Waals surface area contributed by atoms with E-state index in [2.05, 4.69) is 4.98 Å². The quantitative estimate of drug-likeness (QED) is 0.400. The van der Waals surface area contributed by atoms with Gasteiger partial charge in [0.25, 0.3) is 5.56 Å². The van der Waals surface area contributed by atoms with Crippen molar-refractivity contribution in [3.63, 3.8) is 0 Å². The summed E-state index contributed by atoms with van der Waals surface area (Å²) in [5.41, 5.74) is 1.47. The first-order valence-corrected chi connectivity index (χ1v) is 12.5. The number of likely N-dealkylation sites (tertiary alicyclic amines) is 1. The molecule has 9 heteroatoms. The summed E-state index contributed by atoms with van der Waals surface area (Å²) >= 11 is 0. The predicted octanol–water partition coefficient (Wildman–Crippen LogP) is 2.62. The van der Waals surface area contributed by atoms with Crippen LogP contribution >= 0.6 is 0 Å². The molecule has 0 spiro atoms. The molecule has 1 saturated heterocycles. The lowest BCUT2D eigenvalue weighted by Crippen LogP contribution is -2.39. The Balaban J connectivity index is 1.21. The molecule has 0 N–H and O–H groups in total. The summed E-state index contributed by atoms with van der Waals surface area (Å²) in [7, 11) is 0. The van der Waals surface area contributed by atoms with E-state index in [-0.39, 0.29) is 29.5 Å². The lowest BCUT2D eigenvalue weighted by molar-refractivity contribution is -0.132. The molecule has 0 unspecified atom stereocenters. The first-order valence-electron chi connectivity index (χ1n) is 12.5. The van der Waals surface area contributed by atoms with E-state index in [4.69, 9.17) is 5.10 Å². The minimum atomic E-state index is -0.129. The van der Waals surface area contributed by atoms with Crippen molar-refractivity contribution in [1.29, 1.82) is 0 Å². The Kier molecular flexibility index (Phi) is 6.79. The molecular weight excluding hydrogens is 456 g/mol. The minimum Gasteiger partial charge on any atom is -0.343 e. The van der Waals surface area contributed by atoms with Crippen LogP contribution in [0.4, 0.5) is 0 Å². The normalized spacial score (nSPS) is 14.4. The summed E-state index contributed by atoms with van der Waals surface area (Å²) in [6.45, 7) is 4.49. The maximum atomic E-state index is 12.9. The highest BCUT2D eigenvalue weighted by atomic mass is 16.2. The van der Waals surface area contributed by atoms with Gasteiger partial charge in [0.2, 0.25) is 5.91 Å². The van der Waals surface area contributed by atoms with Crippen molar-refractivity contribution in [2.75, 3.05) is 13.1 Å². The van der Waals surface area contributed by atoms with Gasteiger partial charge in [-0.15, -0.1) is 0 Å². The molecule has 2 aromatic carbocycles. The van der Waals surface area contributed by atoms with Gasteiger partial charge in [0, 0.05) is 38.5 Å². The molecule has 1 fully saturated rings. The SMILES string of the molecule is CCn1c(C2CCN(C(=O)CCn3cnc4ccccc4c3=O)CC2)nn(Cc2ccccc2)c1=O. The summed E-state index contributed by atoms with van der Waals surface area (Å²) in [4.78, 5) is 44.7. The van der Waals surface area contributed by atoms with Gasteiger partial charge in [0.15, 0.2) is 0 Å². The molecule has 3 heterocycles. The molecule has 1 amide bonds. The maximum absolute atomic E-state index is 12.9. The number of amides is 1. The zero-order chi connectivity index (χ0) is 25.1. The highest BCUT2D eigenvalue weighted by molar-refractivity contribution is 5.77. The number of piperidine rings is 1. The fourth-order valence-corrected chi connectivity index (χ4v) is 4.94. The van der Waals surface area contributed by atoms with Gasteiger partial charge >= 0.3 is 5.69 Å². The summed E-state index contributed by atoms with van der Waals surface area (Å²) in [6.07, 6.45) is 3.27. The molecule has 2 aromatic heterocycles. The van der Waals surface area contributed by atoms with E-state index in [0.717, 1.165) is 24.2 Å². The highest BCUT2D eigenvalue weighted by Crippen LogP contribution is 2.26. The maximum Gasteiger partial charge on any atom is 0.346 e. The van der Waals surface area contributed by atoms with Gasteiger partial charge in [-0.3, -0.25) is 18.7 Å². The zero-order valence-corrected chi connectivity index (χ0v) is 20.4. The molecule has 1 aliphatic heterocycles.